The SMILES string of the molecule is CC(C)c1ccc(S(=O)(=O)c2cccc3c(N(C)C)cccc23)cc1S(=O)(=O)NCCc1ccccn1. The van der Waals surface area contributed by atoms with Crippen molar-refractivity contribution < 1.29 is 16.8 Å². The van der Waals surface area contributed by atoms with Gasteiger partial charge in [0.15, 0.2) is 0 Å². The maximum Gasteiger partial charge on any atom is 0.240 e. The van der Waals surface area contributed by atoms with Crippen LogP contribution in [0.2, 0.25) is 0 Å². The van der Waals surface area contributed by atoms with E-state index < -0.39 is 19.9 Å². The molecule has 0 saturated carbocycles. The number of aromatic nitrogens is 1. The standard InChI is InChI=1S/C28H31N3O4S2/c1-20(2)23-15-14-22(19-28(23)37(34,35)30-18-16-21-9-5-6-17-29-21)36(32,33)27-13-8-10-24-25(27)11-7-12-26(24)31(3)4/h5-15,17,19-20,30H,16,18H2,1-4H3. The second-order valence-corrected chi connectivity index (χ2v) is 13.0. The number of nitrogens with one attached hydrogen (secondary N) is 1. The number of pyridine rings is 1. The van der Waals surface area contributed by atoms with Gasteiger partial charge in [0.05, 0.1) is 14.7 Å². The van der Waals surface area contributed by atoms with Crippen molar-refractivity contribution in [3.63, 3.8) is 0 Å². The van der Waals surface area contributed by atoms with Crippen LogP contribution in [0.3, 0.4) is 0 Å². The molecule has 3 aromatic carbocycles. The van der Waals surface area contributed by atoms with Gasteiger partial charge in [-0.3, -0.25) is 4.98 Å². The summed E-state index contributed by atoms with van der Waals surface area (Å²) in [6.07, 6.45) is 2.07. The summed E-state index contributed by atoms with van der Waals surface area (Å²) >= 11 is 0. The molecule has 0 saturated heterocycles. The normalized spacial score (nSPS) is 12.2. The summed E-state index contributed by atoms with van der Waals surface area (Å²) in [5.41, 5.74) is 2.21. The van der Waals surface area contributed by atoms with E-state index in [0.717, 1.165) is 16.8 Å². The van der Waals surface area contributed by atoms with Gasteiger partial charge in [-0.25, -0.2) is 21.6 Å². The van der Waals surface area contributed by atoms with Crippen LogP contribution in [0.15, 0.2) is 93.7 Å². The van der Waals surface area contributed by atoms with Crippen LogP contribution < -0.4 is 9.62 Å². The number of benzene rings is 3. The van der Waals surface area contributed by atoms with Gasteiger partial charge >= 0.3 is 0 Å². The Bertz CT molecular complexity index is 1630. The first kappa shape index (κ1) is 26.8. The summed E-state index contributed by atoms with van der Waals surface area (Å²) in [5.74, 6) is -0.126. The van der Waals surface area contributed by atoms with E-state index in [1.807, 2.05) is 63.2 Å². The second-order valence-electron chi connectivity index (χ2n) is 9.35. The zero-order chi connectivity index (χ0) is 26.8. The van der Waals surface area contributed by atoms with Gasteiger partial charge in [-0.1, -0.05) is 50.2 Å². The monoisotopic (exact) mass is 537 g/mol. The van der Waals surface area contributed by atoms with E-state index in [2.05, 4.69) is 9.71 Å². The summed E-state index contributed by atoms with van der Waals surface area (Å²) in [7, 11) is -4.20. The molecule has 1 aromatic heterocycles. The molecule has 0 aliphatic heterocycles. The molecule has 4 rings (SSSR count). The second kappa shape index (κ2) is 10.6. The Labute approximate surface area is 219 Å². The van der Waals surface area contributed by atoms with E-state index in [9.17, 15) is 16.8 Å². The van der Waals surface area contributed by atoms with Gasteiger partial charge in [0.2, 0.25) is 19.9 Å². The zero-order valence-corrected chi connectivity index (χ0v) is 23.0. The van der Waals surface area contributed by atoms with Crippen LogP contribution in [0.5, 0.6) is 0 Å². The third kappa shape index (κ3) is 5.53. The van der Waals surface area contributed by atoms with Crippen molar-refractivity contribution in [1.29, 1.82) is 0 Å². The Morgan fingerprint density at radius 1 is 0.838 bits per heavy atom. The van der Waals surface area contributed by atoms with E-state index in [-0.39, 0.29) is 27.1 Å². The summed E-state index contributed by atoms with van der Waals surface area (Å²) in [5, 5.41) is 1.39. The Balaban J connectivity index is 1.76. The number of rotatable bonds is 9. The predicted octanol–water partition coefficient (Wildman–Crippen LogP) is 4.78. The lowest BCUT2D eigenvalue weighted by molar-refractivity contribution is 0.578. The van der Waals surface area contributed by atoms with Gasteiger partial charge < -0.3 is 4.90 Å². The van der Waals surface area contributed by atoms with Crippen molar-refractivity contribution >= 4 is 36.3 Å². The smallest absolute Gasteiger partial charge is 0.240 e. The minimum Gasteiger partial charge on any atom is -0.377 e. The molecule has 0 spiro atoms. The molecule has 37 heavy (non-hydrogen) atoms. The van der Waals surface area contributed by atoms with E-state index in [1.54, 1.807) is 36.5 Å². The predicted molar refractivity (Wildman–Crippen MR) is 147 cm³/mol. The maximum absolute atomic E-state index is 13.9. The van der Waals surface area contributed by atoms with Gasteiger partial charge in [-0.2, -0.15) is 0 Å². The highest BCUT2D eigenvalue weighted by molar-refractivity contribution is 7.92. The summed E-state index contributed by atoms with van der Waals surface area (Å²) in [6, 6.07) is 20.5. The molecule has 4 aromatic rings. The van der Waals surface area contributed by atoms with Gasteiger partial charge in [-0.05, 0) is 47.9 Å². The van der Waals surface area contributed by atoms with Crippen molar-refractivity contribution in [2.45, 2.75) is 40.9 Å². The Hall–Kier alpha value is -3.27. The number of nitrogens with zero attached hydrogens (tertiary/aromatic N) is 2. The zero-order valence-electron chi connectivity index (χ0n) is 21.3. The highest BCUT2D eigenvalue weighted by Crippen LogP contribution is 2.35. The van der Waals surface area contributed by atoms with E-state index in [1.165, 1.54) is 12.1 Å². The lowest BCUT2D eigenvalue weighted by Gasteiger charge is -2.18. The third-order valence-corrected chi connectivity index (χ3v) is 9.56. The number of hydrogen-bond donors (Lipinski definition) is 1. The molecule has 1 heterocycles. The highest BCUT2D eigenvalue weighted by Gasteiger charge is 2.26. The topological polar surface area (TPSA) is 96.4 Å². The fourth-order valence-corrected chi connectivity index (χ4v) is 7.34. The molecule has 0 unspecified atom stereocenters. The molecule has 0 amide bonds. The molecule has 194 valence electrons. The van der Waals surface area contributed by atoms with Crippen molar-refractivity contribution in [3.05, 3.63) is 90.3 Å². The number of fused-ring (bicyclic) bond motifs is 1. The third-order valence-electron chi connectivity index (χ3n) is 6.24. The molecular weight excluding hydrogens is 506 g/mol. The van der Waals surface area contributed by atoms with Crippen molar-refractivity contribution in [2.24, 2.45) is 0 Å². The molecule has 0 atom stereocenters. The molecule has 0 radical (unpaired) electrons. The van der Waals surface area contributed by atoms with Crippen LogP contribution in [0.1, 0.15) is 31.0 Å². The van der Waals surface area contributed by atoms with E-state index in [4.69, 9.17) is 0 Å². The van der Waals surface area contributed by atoms with Crippen molar-refractivity contribution in [3.8, 4) is 0 Å². The average Bonchev–Trinajstić information content (AvgIpc) is 2.88. The van der Waals surface area contributed by atoms with Gasteiger partial charge in [0.25, 0.3) is 0 Å². The summed E-state index contributed by atoms with van der Waals surface area (Å²) in [4.78, 5) is 6.19. The average molecular weight is 538 g/mol. The number of hydrogen-bond acceptors (Lipinski definition) is 6. The fraction of sp³-hybridized carbons (Fsp3) is 0.250. The molecule has 1 N–H and O–H groups in total. The molecule has 0 bridgehead atoms. The first-order valence-corrected chi connectivity index (χ1v) is 15.0. The van der Waals surface area contributed by atoms with E-state index in [0.29, 0.717) is 17.4 Å². The maximum atomic E-state index is 13.9. The lowest BCUT2D eigenvalue weighted by Crippen LogP contribution is -2.27. The van der Waals surface area contributed by atoms with Crippen LogP contribution in [-0.2, 0) is 26.3 Å². The Morgan fingerprint density at radius 3 is 2.24 bits per heavy atom. The van der Waals surface area contributed by atoms with Crippen LogP contribution in [0.4, 0.5) is 5.69 Å². The molecule has 0 fully saturated rings. The van der Waals surface area contributed by atoms with Crippen molar-refractivity contribution in [1.82, 2.24) is 9.71 Å². The first-order chi connectivity index (χ1) is 17.5. The van der Waals surface area contributed by atoms with Crippen molar-refractivity contribution in [2.75, 3.05) is 25.5 Å². The molecule has 0 aliphatic carbocycles. The molecular formula is C28H31N3O4S2. The minimum absolute atomic E-state index is 0.0289. The minimum atomic E-state index is -4.02. The number of anilines is 1. The van der Waals surface area contributed by atoms with Crippen LogP contribution in [0, 0.1) is 0 Å². The quantitative estimate of drug-likeness (QED) is 0.330. The first-order valence-electron chi connectivity index (χ1n) is 12.0. The summed E-state index contributed by atoms with van der Waals surface area (Å²) < 4.78 is 57.0. The number of sulfonamides is 1. The fourth-order valence-electron chi connectivity index (χ4n) is 4.34. The van der Waals surface area contributed by atoms with Gasteiger partial charge in [-0.15, -0.1) is 0 Å². The molecule has 0 aliphatic rings. The highest BCUT2D eigenvalue weighted by atomic mass is 32.2. The Morgan fingerprint density at radius 2 is 1.57 bits per heavy atom. The molecule has 7 nitrogen and oxygen atoms in total. The van der Waals surface area contributed by atoms with Gasteiger partial charge in [0, 0.05) is 55.4 Å². The lowest BCUT2D eigenvalue weighted by atomic mass is 10.0. The molecule has 9 heteroatoms. The Kier molecular flexibility index (Phi) is 7.68. The van der Waals surface area contributed by atoms with E-state index >= 15 is 0 Å². The van der Waals surface area contributed by atoms with Crippen LogP contribution in [-0.4, -0.2) is 42.5 Å². The number of sulfone groups is 1. The van der Waals surface area contributed by atoms with Crippen LogP contribution in [0.25, 0.3) is 10.8 Å². The van der Waals surface area contributed by atoms with Crippen LogP contribution >= 0.6 is 0 Å². The largest absolute Gasteiger partial charge is 0.377 e. The summed E-state index contributed by atoms with van der Waals surface area (Å²) in [6.45, 7) is 3.90. The van der Waals surface area contributed by atoms with Gasteiger partial charge in [0.1, 0.15) is 0 Å².